The van der Waals surface area contributed by atoms with Crippen LogP contribution < -0.4 is 5.32 Å². The minimum atomic E-state index is -0.591. The molecule has 0 fully saturated rings. The van der Waals surface area contributed by atoms with Crippen LogP contribution in [-0.4, -0.2) is 34.0 Å². The molecule has 1 N–H and O–H groups in total. The summed E-state index contributed by atoms with van der Waals surface area (Å²) in [6.07, 6.45) is 0. The number of thioether (sulfide) groups is 1. The van der Waals surface area contributed by atoms with Crippen LogP contribution in [0.15, 0.2) is 42.5 Å². The largest absolute Gasteiger partial charge is 0.350 e. The molecule has 31 heavy (non-hydrogen) atoms. The van der Waals surface area contributed by atoms with Gasteiger partial charge in [-0.1, -0.05) is 59.1 Å². The maximum Gasteiger partial charge on any atom is 0.242 e. The fraction of sp³-hybridized carbons (Fsp3) is 0.417. The van der Waals surface area contributed by atoms with E-state index in [1.54, 1.807) is 24.0 Å². The van der Waals surface area contributed by atoms with Crippen molar-refractivity contribution in [3.05, 3.63) is 69.2 Å². The van der Waals surface area contributed by atoms with Crippen molar-refractivity contribution in [2.24, 2.45) is 0 Å². The molecule has 0 saturated heterocycles. The topological polar surface area (TPSA) is 49.4 Å². The van der Waals surface area contributed by atoms with Gasteiger partial charge < -0.3 is 10.2 Å². The van der Waals surface area contributed by atoms with Gasteiger partial charge in [0.15, 0.2) is 0 Å². The molecular weight excluding hydrogens is 451 g/mol. The van der Waals surface area contributed by atoms with Crippen LogP contribution in [0, 0.1) is 6.92 Å². The first-order chi connectivity index (χ1) is 14.5. The summed E-state index contributed by atoms with van der Waals surface area (Å²) in [5, 5.41) is 4.14. The summed E-state index contributed by atoms with van der Waals surface area (Å²) < 4.78 is 0. The van der Waals surface area contributed by atoms with Crippen molar-refractivity contribution in [1.82, 2.24) is 10.2 Å². The average molecular weight is 481 g/mol. The molecule has 0 spiro atoms. The molecule has 0 aliphatic carbocycles. The molecule has 2 aromatic rings. The fourth-order valence-corrected chi connectivity index (χ4v) is 4.50. The lowest BCUT2D eigenvalue weighted by atomic mass is 10.1. The zero-order valence-electron chi connectivity index (χ0n) is 18.7. The normalized spacial score (nSPS) is 12.4. The van der Waals surface area contributed by atoms with Crippen LogP contribution in [0.4, 0.5) is 0 Å². The SMILES string of the molecule is Cc1cccc(CN(C(=O)CSCc2ccc(Cl)cc2Cl)[C@H](C)C(=O)NC(C)(C)C)c1. The predicted molar refractivity (Wildman–Crippen MR) is 132 cm³/mol. The Morgan fingerprint density at radius 2 is 1.84 bits per heavy atom. The van der Waals surface area contributed by atoms with Crippen molar-refractivity contribution in [2.75, 3.05) is 5.75 Å². The molecule has 0 bridgehead atoms. The monoisotopic (exact) mass is 480 g/mol. The number of aryl methyl sites for hydroxylation is 1. The van der Waals surface area contributed by atoms with Crippen LogP contribution in [0.5, 0.6) is 0 Å². The summed E-state index contributed by atoms with van der Waals surface area (Å²) in [6.45, 7) is 9.94. The standard InChI is InChI=1S/C24H30Cl2N2O2S/c1-16-7-6-8-18(11-16)13-28(17(2)23(30)27-24(3,4)5)22(29)15-31-14-19-9-10-20(25)12-21(19)26/h6-12,17H,13-15H2,1-5H3,(H,27,30)/t17-/m1/s1. The zero-order chi connectivity index (χ0) is 23.2. The third-order valence-corrected chi connectivity index (χ3v) is 6.15. The van der Waals surface area contributed by atoms with Gasteiger partial charge in [0.2, 0.25) is 11.8 Å². The summed E-state index contributed by atoms with van der Waals surface area (Å²) in [6, 6.07) is 12.7. The maximum absolute atomic E-state index is 13.1. The van der Waals surface area contributed by atoms with Crippen LogP contribution in [-0.2, 0) is 21.9 Å². The van der Waals surface area contributed by atoms with Crippen LogP contribution >= 0.6 is 35.0 Å². The molecule has 4 nitrogen and oxygen atoms in total. The first-order valence-electron chi connectivity index (χ1n) is 10.1. The van der Waals surface area contributed by atoms with E-state index in [0.29, 0.717) is 22.3 Å². The van der Waals surface area contributed by atoms with Gasteiger partial charge in [0.05, 0.1) is 5.75 Å². The van der Waals surface area contributed by atoms with E-state index >= 15 is 0 Å². The Morgan fingerprint density at radius 3 is 2.45 bits per heavy atom. The summed E-state index contributed by atoms with van der Waals surface area (Å²) in [7, 11) is 0. The number of benzene rings is 2. The second kappa shape index (κ2) is 11.3. The fourth-order valence-electron chi connectivity index (χ4n) is 3.03. The van der Waals surface area contributed by atoms with E-state index in [4.69, 9.17) is 23.2 Å². The Balaban J connectivity index is 2.11. The van der Waals surface area contributed by atoms with Crippen LogP contribution in [0.2, 0.25) is 10.0 Å². The first-order valence-corrected chi connectivity index (χ1v) is 12.1. The lowest BCUT2D eigenvalue weighted by molar-refractivity contribution is -0.139. The zero-order valence-corrected chi connectivity index (χ0v) is 21.0. The Bertz CT molecular complexity index is 928. The minimum Gasteiger partial charge on any atom is -0.350 e. The third-order valence-electron chi connectivity index (χ3n) is 4.60. The second-order valence-corrected chi connectivity index (χ2v) is 10.5. The van der Waals surface area contributed by atoms with E-state index in [1.165, 1.54) is 11.8 Å². The molecule has 0 aromatic heterocycles. The van der Waals surface area contributed by atoms with Crippen molar-refractivity contribution >= 4 is 46.8 Å². The Kier molecular flexibility index (Phi) is 9.28. The number of hydrogen-bond donors (Lipinski definition) is 1. The van der Waals surface area contributed by atoms with Crippen LogP contribution in [0.1, 0.15) is 44.4 Å². The third kappa shape index (κ3) is 8.40. The highest BCUT2D eigenvalue weighted by molar-refractivity contribution is 7.99. The average Bonchev–Trinajstić information content (AvgIpc) is 2.66. The minimum absolute atomic E-state index is 0.0897. The van der Waals surface area contributed by atoms with Gasteiger partial charge in [0, 0.05) is 27.9 Å². The van der Waals surface area contributed by atoms with Gasteiger partial charge >= 0.3 is 0 Å². The summed E-state index contributed by atoms with van der Waals surface area (Å²) in [4.78, 5) is 27.6. The molecular formula is C24H30Cl2N2O2S. The van der Waals surface area contributed by atoms with E-state index in [-0.39, 0.29) is 23.1 Å². The van der Waals surface area contributed by atoms with Gasteiger partial charge in [-0.25, -0.2) is 0 Å². The molecule has 0 saturated carbocycles. The summed E-state index contributed by atoms with van der Waals surface area (Å²) in [5.74, 6) is 0.577. The molecule has 0 heterocycles. The van der Waals surface area contributed by atoms with Gasteiger partial charge in [-0.2, -0.15) is 0 Å². The highest BCUT2D eigenvalue weighted by Gasteiger charge is 2.28. The summed E-state index contributed by atoms with van der Waals surface area (Å²) >= 11 is 13.7. The van der Waals surface area contributed by atoms with Gasteiger partial charge in [0.25, 0.3) is 0 Å². The van der Waals surface area contributed by atoms with E-state index in [9.17, 15) is 9.59 Å². The van der Waals surface area contributed by atoms with Crippen molar-refractivity contribution in [3.8, 4) is 0 Å². The first kappa shape index (κ1) is 25.6. The lowest BCUT2D eigenvalue weighted by Crippen LogP contribution is -2.52. The number of hydrogen-bond acceptors (Lipinski definition) is 3. The maximum atomic E-state index is 13.1. The molecule has 0 radical (unpaired) electrons. The molecule has 0 unspecified atom stereocenters. The van der Waals surface area contributed by atoms with Crippen molar-refractivity contribution in [1.29, 1.82) is 0 Å². The number of carbonyl (C=O) groups excluding carboxylic acids is 2. The number of nitrogens with zero attached hydrogens (tertiary/aromatic N) is 1. The summed E-state index contributed by atoms with van der Waals surface area (Å²) in [5.41, 5.74) is 2.66. The molecule has 0 aliphatic heterocycles. The molecule has 2 rings (SSSR count). The van der Waals surface area contributed by atoms with Crippen molar-refractivity contribution in [3.63, 3.8) is 0 Å². The van der Waals surface area contributed by atoms with Gasteiger partial charge in [-0.3, -0.25) is 9.59 Å². The second-order valence-electron chi connectivity index (χ2n) is 8.65. The molecule has 2 aromatic carbocycles. The Labute approximate surface area is 199 Å². The predicted octanol–water partition coefficient (Wildman–Crippen LogP) is 5.87. The Hall–Kier alpha value is -1.69. The Morgan fingerprint density at radius 1 is 1.13 bits per heavy atom. The quantitative estimate of drug-likeness (QED) is 0.513. The van der Waals surface area contributed by atoms with Crippen molar-refractivity contribution < 1.29 is 9.59 Å². The number of carbonyl (C=O) groups is 2. The molecule has 7 heteroatoms. The highest BCUT2D eigenvalue weighted by Crippen LogP contribution is 2.25. The number of rotatable bonds is 8. The highest BCUT2D eigenvalue weighted by atomic mass is 35.5. The number of nitrogens with one attached hydrogen (secondary N) is 1. The van der Waals surface area contributed by atoms with Gasteiger partial charge in [-0.05, 0) is 57.9 Å². The van der Waals surface area contributed by atoms with E-state index in [0.717, 1.165) is 16.7 Å². The lowest BCUT2D eigenvalue weighted by Gasteiger charge is -2.31. The van der Waals surface area contributed by atoms with Crippen LogP contribution in [0.3, 0.4) is 0 Å². The number of amides is 2. The molecule has 2 amide bonds. The molecule has 168 valence electrons. The van der Waals surface area contributed by atoms with Gasteiger partial charge in [0.1, 0.15) is 6.04 Å². The van der Waals surface area contributed by atoms with E-state index in [2.05, 4.69) is 5.32 Å². The van der Waals surface area contributed by atoms with Crippen LogP contribution in [0.25, 0.3) is 0 Å². The van der Waals surface area contributed by atoms with E-state index in [1.807, 2.05) is 58.0 Å². The molecule has 0 aliphatic rings. The smallest absolute Gasteiger partial charge is 0.242 e. The molecule has 1 atom stereocenters. The van der Waals surface area contributed by atoms with Crippen molar-refractivity contribution in [2.45, 2.75) is 58.5 Å². The van der Waals surface area contributed by atoms with Gasteiger partial charge in [-0.15, -0.1) is 11.8 Å². The number of halogens is 2. The van der Waals surface area contributed by atoms with E-state index < -0.39 is 6.04 Å².